The van der Waals surface area contributed by atoms with E-state index in [0.29, 0.717) is 24.1 Å². The minimum Gasteiger partial charge on any atom is -0.328 e. The number of Topliss-reactive ketones (excluding diaryl/α,β-unsaturated/α-hetero) is 1. The number of alkyl halides is 3. The van der Waals surface area contributed by atoms with E-state index < -0.39 is 18.0 Å². The number of carbonyl (C=O) groups is 1. The van der Waals surface area contributed by atoms with E-state index >= 15 is 0 Å². The molecule has 1 N–H and O–H groups in total. The summed E-state index contributed by atoms with van der Waals surface area (Å²) >= 11 is 0. The molecule has 4 rings (SSSR count). The fraction of sp³-hybridized carbons (Fsp3) is 0.389. The summed E-state index contributed by atoms with van der Waals surface area (Å²) in [7, 11) is 0. The lowest BCUT2D eigenvalue weighted by Crippen LogP contribution is -2.33. The van der Waals surface area contributed by atoms with E-state index in [2.05, 4.69) is 15.4 Å². The molecule has 136 valence electrons. The zero-order chi connectivity index (χ0) is 18.6. The van der Waals surface area contributed by atoms with Crippen molar-refractivity contribution in [3.8, 4) is 0 Å². The van der Waals surface area contributed by atoms with E-state index in [1.165, 1.54) is 4.68 Å². The Balaban J connectivity index is 1.92. The van der Waals surface area contributed by atoms with E-state index in [1.54, 1.807) is 6.07 Å². The van der Waals surface area contributed by atoms with Gasteiger partial charge in [-0.3, -0.25) is 4.79 Å². The molecular formula is C18H17F3N4O. The third-order valence-corrected chi connectivity index (χ3v) is 4.74. The van der Waals surface area contributed by atoms with Crippen LogP contribution in [0.2, 0.25) is 0 Å². The summed E-state index contributed by atoms with van der Waals surface area (Å²) < 4.78 is 40.6. The largest absolute Gasteiger partial charge is 0.453 e. The van der Waals surface area contributed by atoms with E-state index in [0.717, 1.165) is 11.1 Å². The third kappa shape index (κ3) is 2.69. The zero-order valence-electron chi connectivity index (χ0n) is 14.3. The Morgan fingerprint density at radius 3 is 2.73 bits per heavy atom. The maximum atomic E-state index is 13.1. The maximum Gasteiger partial charge on any atom is 0.453 e. The molecule has 0 saturated carbocycles. The number of rotatable bonds is 1. The Labute approximate surface area is 147 Å². The summed E-state index contributed by atoms with van der Waals surface area (Å²) in [5, 5.41) is 6.60. The van der Waals surface area contributed by atoms with E-state index in [-0.39, 0.29) is 17.6 Å². The molecule has 5 nitrogen and oxygen atoms in total. The SMILES string of the molecule is Cc1cccc([C@@H]2C3=C(C[C@H](C)CC3=O)Nc3nc(C(F)(F)F)nn32)c1. The number of fused-ring (bicyclic) bond motifs is 1. The minimum absolute atomic E-state index is 0.0180. The molecule has 0 fully saturated rings. The molecule has 0 saturated heterocycles. The van der Waals surface area contributed by atoms with Gasteiger partial charge in [-0.1, -0.05) is 36.8 Å². The van der Waals surface area contributed by atoms with Crippen molar-refractivity contribution < 1.29 is 18.0 Å². The molecule has 0 radical (unpaired) electrons. The summed E-state index contributed by atoms with van der Waals surface area (Å²) in [5.41, 5.74) is 2.81. The maximum absolute atomic E-state index is 13.1. The molecule has 8 heteroatoms. The van der Waals surface area contributed by atoms with Crippen molar-refractivity contribution in [3.63, 3.8) is 0 Å². The van der Waals surface area contributed by atoms with Crippen molar-refractivity contribution in [1.82, 2.24) is 14.8 Å². The first-order valence-electron chi connectivity index (χ1n) is 8.37. The number of hydrogen-bond donors (Lipinski definition) is 1. The highest BCUT2D eigenvalue weighted by atomic mass is 19.4. The minimum atomic E-state index is -4.65. The number of aryl methyl sites for hydroxylation is 1. The quantitative estimate of drug-likeness (QED) is 0.837. The molecule has 0 amide bonds. The second-order valence-corrected chi connectivity index (χ2v) is 6.97. The molecule has 26 heavy (non-hydrogen) atoms. The molecule has 2 aromatic rings. The predicted molar refractivity (Wildman–Crippen MR) is 88.4 cm³/mol. The average molecular weight is 362 g/mol. The van der Waals surface area contributed by atoms with Crippen LogP contribution >= 0.6 is 0 Å². The van der Waals surface area contributed by atoms with Crippen molar-refractivity contribution in [2.75, 3.05) is 5.32 Å². The second-order valence-electron chi connectivity index (χ2n) is 6.97. The van der Waals surface area contributed by atoms with Crippen molar-refractivity contribution in [2.45, 2.75) is 38.9 Å². The molecule has 0 unspecified atom stereocenters. The highest BCUT2D eigenvalue weighted by Crippen LogP contribution is 2.42. The average Bonchev–Trinajstić information content (AvgIpc) is 2.96. The summed E-state index contributed by atoms with van der Waals surface area (Å²) in [4.78, 5) is 16.4. The van der Waals surface area contributed by atoms with E-state index in [4.69, 9.17) is 0 Å². The normalized spacial score (nSPS) is 22.7. The number of aromatic nitrogens is 3. The molecule has 0 spiro atoms. The molecule has 1 aromatic carbocycles. The van der Waals surface area contributed by atoms with Gasteiger partial charge >= 0.3 is 6.18 Å². The molecule has 1 aromatic heterocycles. The van der Waals surface area contributed by atoms with E-state index in [9.17, 15) is 18.0 Å². The van der Waals surface area contributed by atoms with Gasteiger partial charge in [0, 0.05) is 17.7 Å². The Morgan fingerprint density at radius 1 is 1.27 bits per heavy atom. The van der Waals surface area contributed by atoms with Gasteiger partial charge in [-0.15, -0.1) is 5.10 Å². The lowest BCUT2D eigenvalue weighted by atomic mass is 9.81. The molecule has 1 aliphatic carbocycles. The van der Waals surface area contributed by atoms with Gasteiger partial charge in [0.25, 0.3) is 5.82 Å². The first-order valence-corrected chi connectivity index (χ1v) is 8.37. The Kier molecular flexibility index (Phi) is 3.68. The van der Waals surface area contributed by atoms with Gasteiger partial charge in [-0.25, -0.2) is 4.68 Å². The highest BCUT2D eigenvalue weighted by molar-refractivity contribution is 5.99. The number of anilines is 1. The summed E-state index contributed by atoms with van der Waals surface area (Å²) in [6, 6.07) is 6.69. The van der Waals surface area contributed by atoms with Crippen molar-refractivity contribution in [2.24, 2.45) is 5.92 Å². The topological polar surface area (TPSA) is 59.8 Å². The lowest BCUT2D eigenvalue weighted by molar-refractivity contribution is -0.145. The number of hydrogen-bond acceptors (Lipinski definition) is 4. The number of carbonyl (C=O) groups excluding carboxylic acids is 1. The number of halogens is 3. The van der Waals surface area contributed by atoms with Crippen LogP contribution in [0, 0.1) is 12.8 Å². The highest BCUT2D eigenvalue weighted by Gasteiger charge is 2.42. The number of ketones is 1. The summed E-state index contributed by atoms with van der Waals surface area (Å²) in [6.07, 6.45) is -3.68. The van der Waals surface area contributed by atoms with Gasteiger partial charge in [-0.2, -0.15) is 18.2 Å². The Hall–Kier alpha value is -2.64. The first kappa shape index (κ1) is 16.8. The summed E-state index contributed by atoms with van der Waals surface area (Å²) in [6.45, 7) is 3.85. The number of allylic oxidation sites excluding steroid dienone is 2. The lowest BCUT2D eigenvalue weighted by Gasteiger charge is -2.34. The van der Waals surface area contributed by atoms with Crippen LogP contribution in [-0.2, 0) is 11.0 Å². The van der Waals surface area contributed by atoms with Crippen molar-refractivity contribution >= 4 is 11.7 Å². The fourth-order valence-electron chi connectivity index (χ4n) is 3.68. The van der Waals surface area contributed by atoms with Gasteiger partial charge < -0.3 is 5.32 Å². The smallest absolute Gasteiger partial charge is 0.328 e. The zero-order valence-corrected chi connectivity index (χ0v) is 14.3. The van der Waals surface area contributed by atoms with Crippen LogP contribution in [0.1, 0.15) is 42.8 Å². The van der Waals surface area contributed by atoms with Crippen LogP contribution in [0.15, 0.2) is 35.5 Å². The van der Waals surface area contributed by atoms with Gasteiger partial charge in [-0.05, 0) is 24.8 Å². The standard InChI is InChI=1S/C18H17F3N4O/c1-9-4-3-5-11(6-9)15-14-12(7-10(2)8-13(14)26)22-17-23-16(18(19,20)21)24-25(15)17/h3-6,10,15H,7-8H2,1-2H3,(H,22,23,24)/t10-,15+/m0/s1. The Morgan fingerprint density at radius 2 is 2.04 bits per heavy atom. The van der Waals surface area contributed by atoms with Gasteiger partial charge in [0.05, 0.1) is 0 Å². The predicted octanol–water partition coefficient (Wildman–Crippen LogP) is 3.87. The van der Waals surface area contributed by atoms with Gasteiger partial charge in [0.2, 0.25) is 5.95 Å². The molecule has 2 atom stereocenters. The van der Waals surface area contributed by atoms with E-state index in [1.807, 2.05) is 32.0 Å². The number of benzene rings is 1. The van der Waals surface area contributed by atoms with Gasteiger partial charge in [0.15, 0.2) is 5.78 Å². The third-order valence-electron chi connectivity index (χ3n) is 4.74. The van der Waals surface area contributed by atoms with Crippen LogP contribution in [-0.4, -0.2) is 20.5 Å². The number of nitrogens with one attached hydrogen (secondary N) is 1. The summed E-state index contributed by atoms with van der Waals surface area (Å²) in [5.74, 6) is -1.13. The monoisotopic (exact) mass is 362 g/mol. The van der Waals surface area contributed by atoms with Crippen LogP contribution in [0.5, 0.6) is 0 Å². The van der Waals surface area contributed by atoms with Crippen LogP contribution in [0.4, 0.5) is 19.1 Å². The second kappa shape index (κ2) is 5.69. The molecule has 2 aliphatic rings. The molecular weight excluding hydrogens is 345 g/mol. The van der Waals surface area contributed by atoms with Crippen molar-refractivity contribution in [3.05, 3.63) is 52.5 Å². The van der Waals surface area contributed by atoms with Crippen molar-refractivity contribution in [1.29, 1.82) is 0 Å². The van der Waals surface area contributed by atoms with Crippen LogP contribution < -0.4 is 5.32 Å². The Bertz CT molecular complexity index is 929. The van der Waals surface area contributed by atoms with Crippen LogP contribution in [0.25, 0.3) is 0 Å². The van der Waals surface area contributed by atoms with Gasteiger partial charge in [0.1, 0.15) is 6.04 Å². The first-order chi connectivity index (χ1) is 12.2. The molecule has 1 aliphatic heterocycles. The number of nitrogens with zero attached hydrogens (tertiary/aromatic N) is 3. The fourth-order valence-corrected chi connectivity index (χ4v) is 3.68. The molecule has 2 heterocycles. The molecule has 0 bridgehead atoms. The van der Waals surface area contributed by atoms with Crippen LogP contribution in [0.3, 0.4) is 0 Å².